The molecule has 0 saturated heterocycles. The molecule has 0 saturated carbocycles. The molecule has 0 spiro atoms. The Bertz CT molecular complexity index is 572. The monoisotopic (exact) mass is 231 g/mol. The van der Waals surface area contributed by atoms with Crippen molar-refractivity contribution in [2.75, 3.05) is 7.05 Å². The van der Waals surface area contributed by atoms with Crippen molar-refractivity contribution in [3.63, 3.8) is 0 Å². The first-order valence-electron chi connectivity index (χ1n) is 5.16. The zero-order valence-electron chi connectivity index (χ0n) is 9.97. The standard InChI is InChI=1S/C10H13N7/c1-7-8(5-12-2)10(16(3)14-7)17-6-13-9(4-11)15-17/h6,12H,5H2,1-3H3. The molecule has 1 N–H and O–H groups in total. The van der Waals surface area contributed by atoms with E-state index in [0.29, 0.717) is 6.54 Å². The fraction of sp³-hybridized carbons (Fsp3) is 0.400. The van der Waals surface area contributed by atoms with Gasteiger partial charge in [0.1, 0.15) is 12.4 Å². The highest BCUT2D eigenvalue weighted by molar-refractivity contribution is 5.37. The number of aryl methyl sites for hydroxylation is 2. The lowest BCUT2D eigenvalue weighted by atomic mass is 10.2. The van der Waals surface area contributed by atoms with E-state index >= 15 is 0 Å². The van der Waals surface area contributed by atoms with Gasteiger partial charge in [0.25, 0.3) is 5.82 Å². The molecule has 0 amide bonds. The summed E-state index contributed by atoms with van der Waals surface area (Å²) in [6.07, 6.45) is 1.52. The van der Waals surface area contributed by atoms with Crippen molar-refractivity contribution >= 4 is 0 Å². The Balaban J connectivity index is 2.54. The minimum Gasteiger partial charge on any atom is -0.315 e. The van der Waals surface area contributed by atoms with E-state index in [1.54, 1.807) is 9.36 Å². The third kappa shape index (κ3) is 1.90. The Morgan fingerprint density at radius 2 is 2.24 bits per heavy atom. The highest BCUT2D eigenvalue weighted by Gasteiger charge is 2.15. The van der Waals surface area contributed by atoms with E-state index in [1.807, 2.05) is 27.1 Å². The van der Waals surface area contributed by atoms with Gasteiger partial charge in [0.2, 0.25) is 0 Å². The molecular weight excluding hydrogens is 218 g/mol. The van der Waals surface area contributed by atoms with Crippen LogP contribution in [0.4, 0.5) is 0 Å². The average Bonchev–Trinajstić information content (AvgIpc) is 2.85. The summed E-state index contributed by atoms with van der Waals surface area (Å²) < 4.78 is 3.31. The van der Waals surface area contributed by atoms with E-state index in [4.69, 9.17) is 5.26 Å². The summed E-state index contributed by atoms with van der Waals surface area (Å²) in [7, 11) is 3.72. The lowest BCUT2D eigenvalue weighted by Gasteiger charge is -2.04. The predicted octanol–water partition coefficient (Wildman–Crippen LogP) is -0.0997. The number of rotatable bonds is 3. The van der Waals surface area contributed by atoms with Crippen LogP contribution in [-0.2, 0) is 13.6 Å². The predicted molar refractivity (Wildman–Crippen MR) is 60.3 cm³/mol. The maximum absolute atomic E-state index is 8.72. The summed E-state index contributed by atoms with van der Waals surface area (Å²) in [5.74, 6) is 0.977. The Morgan fingerprint density at radius 3 is 2.82 bits per heavy atom. The first-order valence-corrected chi connectivity index (χ1v) is 5.16. The van der Waals surface area contributed by atoms with Gasteiger partial charge >= 0.3 is 0 Å². The van der Waals surface area contributed by atoms with Gasteiger partial charge in [-0.25, -0.2) is 9.67 Å². The van der Waals surface area contributed by atoms with Crippen molar-refractivity contribution in [1.29, 1.82) is 5.26 Å². The van der Waals surface area contributed by atoms with Gasteiger partial charge in [0.05, 0.1) is 5.69 Å². The van der Waals surface area contributed by atoms with Crippen LogP contribution in [0.3, 0.4) is 0 Å². The number of nitrogens with one attached hydrogen (secondary N) is 1. The second kappa shape index (κ2) is 4.35. The minimum atomic E-state index is 0.152. The van der Waals surface area contributed by atoms with Gasteiger partial charge < -0.3 is 5.32 Å². The molecule has 0 fully saturated rings. The van der Waals surface area contributed by atoms with Gasteiger partial charge in [0.15, 0.2) is 5.82 Å². The normalized spacial score (nSPS) is 10.5. The number of hydrogen-bond acceptors (Lipinski definition) is 5. The van der Waals surface area contributed by atoms with Gasteiger partial charge in [-0.2, -0.15) is 10.4 Å². The summed E-state index contributed by atoms with van der Waals surface area (Å²) in [6.45, 7) is 2.63. The molecule has 0 aliphatic heterocycles. The Hall–Kier alpha value is -2.20. The van der Waals surface area contributed by atoms with Crippen LogP contribution in [0.1, 0.15) is 17.1 Å². The van der Waals surface area contributed by atoms with Crippen LogP contribution < -0.4 is 5.32 Å². The van der Waals surface area contributed by atoms with E-state index < -0.39 is 0 Å². The van der Waals surface area contributed by atoms with Gasteiger partial charge in [-0.15, -0.1) is 5.10 Å². The van der Waals surface area contributed by atoms with Crippen molar-refractivity contribution < 1.29 is 0 Å². The van der Waals surface area contributed by atoms with Crippen LogP contribution in [0.5, 0.6) is 0 Å². The summed E-state index contributed by atoms with van der Waals surface area (Å²) in [6, 6.07) is 1.91. The molecule has 7 nitrogen and oxygen atoms in total. The lowest BCUT2D eigenvalue weighted by molar-refractivity contribution is 0.686. The van der Waals surface area contributed by atoms with E-state index in [-0.39, 0.29) is 5.82 Å². The number of aromatic nitrogens is 5. The van der Waals surface area contributed by atoms with Crippen molar-refractivity contribution in [3.8, 4) is 11.9 Å². The Labute approximate surface area is 98.7 Å². The molecule has 0 bridgehead atoms. The molecule has 2 aromatic rings. The van der Waals surface area contributed by atoms with Crippen molar-refractivity contribution in [2.45, 2.75) is 13.5 Å². The molecule has 0 atom stereocenters. The number of hydrogen-bond donors (Lipinski definition) is 1. The molecule has 88 valence electrons. The van der Waals surface area contributed by atoms with Crippen LogP contribution in [0.2, 0.25) is 0 Å². The summed E-state index contributed by atoms with van der Waals surface area (Å²) in [4.78, 5) is 3.89. The third-order valence-corrected chi connectivity index (χ3v) is 2.48. The van der Waals surface area contributed by atoms with Crippen LogP contribution in [0.25, 0.3) is 5.82 Å². The molecule has 17 heavy (non-hydrogen) atoms. The van der Waals surface area contributed by atoms with Crippen LogP contribution in [0.15, 0.2) is 6.33 Å². The SMILES string of the molecule is CNCc1c(C)nn(C)c1-n1cnc(C#N)n1. The summed E-state index contributed by atoms with van der Waals surface area (Å²) in [5, 5.41) is 20.2. The maximum Gasteiger partial charge on any atom is 0.252 e. The van der Waals surface area contributed by atoms with E-state index in [0.717, 1.165) is 17.1 Å². The molecule has 2 aromatic heterocycles. The quantitative estimate of drug-likeness (QED) is 0.797. The summed E-state index contributed by atoms with van der Waals surface area (Å²) >= 11 is 0. The molecule has 0 aromatic carbocycles. The first kappa shape index (κ1) is 11.3. The molecular formula is C10H13N7. The van der Waals surface area contributed by atoms with Crippen molar-refractivity contribution in [2.24, 2.45) is 7.05 Å². The minimum absolute atomic E-state index is 0.152. The third-order valence-electron chi connectivity index (χ3n) is 2.48. The highest BCUT2D eigenvalue weighted by atomic mass is 15.4. The van der Waals surface area contributed by atoms with Gasteiger partial charge in [0, 0.05) is 19.2 Å². The fourth-order valence-electron chi connectivity index (χ4n) is 1.78. The molecule has 0 unspecified atom stereocenters. The smallest absolute Gasteiger partial charge is 0.252 e. The van der Waals surface area contributed by atoms with Crippen LogP contribution in [-0.4, -0.2) is 31.6 Å². The number of nitrogens with zero attached hydrogens (tertiary/aromatic N) is 6. The van der Waals surface area contributed by atoms with Gasteiger partial charge in [-0.1, -0.05) is 0 Å². The van der Waals surface area contributed by atoms with Gasteiger partial charge in [-0.3, -0.25) is 4.68 Å². The van der Waals surface area contributed by atoms with Crippen molar-refractivity contribution in [1.82, 2.24) is 29.9 Å². The highest BCUT2D eigenvalue weighted by Crippen LogP contribution is 2.16. The van der Waals surface area contributed by atoms with E-state index in [2.05, 4.69) is 20.5 Å². The average molecular weight is 231 g/mol. The Kier molecular flexibility index (Phi) is 2.89. The van der Waals surface area contributed by atoms with Crippen LogP contribution >= 0.6 is 0 Å². The lowest BCUT2D eigenvalue weighted by Crippen LogP contribution is -2.11. The summed E-state index contributed by atoms with van der Waals surface area (Å²) in [5.41, 5.74) is 1.98. The number of nitriles is 1. The topological polar surface area (TPSA) is 84.4 Å². The second-order valence-corrected chi connectivity index (χ2v) is 3.67. The first-order chi connectivity index (χ1) is 8.17. The zero-order chi connectivity index (χ0) is 12.4. The van der Waals surface area contributed by atoms with Gasteiger partial charge in [-0.05, 0) is 14.0 Å². The molecule has 0 aliphatic carbocycles. The Morgan fingerprint density at radius 1 is 1.47 bits per heavy atom. The van der Waals surface area contributed by atoms with E-state index in [1.165, 1.54) is 6.33 Å². The van der Waals surface area contributed by atoms with Crippen LogP contribution in [0, 0.1) is 18.3 Å². The zero-order valence-corrected chi connectivity index (χ0v) is 9.97. The maximum atomic E-state index is 8.72. The second-order valence-electron chi connectivity index (χ2n) is 3.67. The molecule has 2 heterocycles. The fourth-order valence-corrected chi connectivity index (χ4v) is 1.78. The molecule has 0 radical (unpaired) electrons. The molecule has 7 heteroatoms. The van der Waals surface area contributed by atoms with E-state index in [9.17, 15) is 0 Å². The molecule has 2 rings (SSSR count). The molecule has 0 aliphatic rings. The largest absolute Gasteiger partial charge is 0.315 e. The van der Waals surface area contributed by atoms with Crippen molar-refractivity contribution in [3.05, 3.63) is 23.4 Å².